The minimum atomic E-state index is 0.519. The van der Waals surface area contributed by atoms with Gasteiger partial charge in [-0.25, -0.2) is 4.99 Å². The average Bonchev–Trinajstić information content (AvgIpc) is 3.08. The summed E-state index contributed by atoms with van der Waals surface area (Å²) in [6.45, 7) is 6.15. The van der Waals surface area contributed by atoms with Crippen molar-refractivity contribution in [3.8, 4) is 11.5 Å². The van der Waals surface area contributed by atoms with E-state index in [1.54, 1.807) is 7.11 Å². The zero-order valence-corrected chi connectivity index (χ0v) is 16.6. The van der Waals surface area contributed by atoms with Crippen LogP contribution in [0.5, 0.6) is 11.5 Å². The summed E-state index contributed by atoms with van der Waals surface area (Å²) < 4.78 is 11.0. The Kier molecular flexibility index (Phi) is 8.25. The molecule has 2 N–H and O–H groups in total. The van der Waals surface area contributed by atoms with E-state index in [1.807, 2.05) is 36.9 Å². The summed E-state index contributed by atoms with van der Waals surface area (Å²) in [5.41, 5.74) is 1.10. The molecule has 0 saturated heterocycles. The first-order valence-electron chi connectivity index (χ1n) is 9.07. The number of nitrogens with zero attached hydrogens (tertiary/aromatic N) is 1. The molecule has 2 atom stereocenters. The summed E-state index contributed by atoms with van der Waals surface area (Å²) in [5, 5.41) is 7.70. The predicted molar refractivity (Wildman–Crippen MR) is 107 cm³/mol. The fourth-order valence-electron chi connectivity index (χ4n) is 3.05. The second kappa shape index (κ2) is 10.4. The molecule has 0 aromatic heterocycles. The lowest BCUT2D eigenvalue weighted by atomic mass is 10.2. The molecular weight excluding hydrogens is 334 g/mol. The Morgan fingerprint density at radius 3 is 2.76 bits per heavy atom. The van der Waals surface area contributed by atoms with Gasteiger partial charge in [-0.05, 0) is 57.1 Å². The summed E-state index contributed by atoms with van der Waals surface area (Å²) in [6.07, 6.45) is 5.91. The van der Waals surface area contributed by atoms with Crippen LogP contribution >= 0.6 is 11.8 Å². The molecule has 0 bridgehead atoms. The zero-order chi connectivity index (χ0) is 18.1. The monoisotopic (exact) mass is 365 g/mol. The Morgan fingerprint density at radius 1 is 1.28 bits per heavy atom. The van der Waals surface area contributed by atoms with Crippen LogP contribution in [0, 0.1) is 0 Å². The van der Waals surface area contributed by atoms with Gasteiger partial charge in [0.15, 0.2) is 17.5 Å². The van der Waals surface area contributed by atoms with Crippen molar-refractivity contribution in [2.24, 2.45) is 4.99 Å². The molecule has 0 amide bonds. The highest BCUT2D eigenvalue weighted by molar-refractivity contribution is 7.99. The average molecular weight is 366 g/mol. The lowest BCUT2D eigenvalue weighted by Gasteiger charge is -2.17. The van der Waals surface area contributed by atoms with E-state index >= 15 is 0 Å². The predicted octanol–water partition coefficient (Wildman–Crippen LogP) is 3.43. The third kappa shape index (κ3) is 6.03. The minimum absolute atomic E-state index is 0.519. The van der Waals surface area contributed by atoms with Crippen LogP contribution < -0.4 is 20.1 Å². The molecule has 1 fully saturated rings. The summed E-state index contributed by atoms with van der Waals surface area (Å²) in [4.78, 5) is 4.74. The molecule has 0 aliphatic heterocycles. The smallest absolute Gasteiger partial charge is 0.191 e. The maximum absolute atomic E-state index is 5.57. The summed E-state index contributed by atoms with van der Waals surface area (Å²) in [6, 6.07) is 6.51. The summed E-state index contributed by atoms with van der Waals surface area (Å²) in [5.74, 6) is 2.42. The van der Waals surface area contributed by atoms with Crippen molar-refractivity contribution >= 4 is 17.7 Å². The number of guanidine groups is 1. The van der Waals surface area contributed by atoms with Gasteiger partial charge in [0.2, 0.25) is 0 Å². The number of thioether (sulfide) groups is 1. The first-order chi connectivity index (χ1) is 12.2. The zero-order valence-electron chi connectivity index (χ0n) is 15.8. The number of benzene rings is 1. The molecule has 1 aliphatic carbocycles. The van der Waals surface area contributed by atoms with Crippen LogP contribution in [0.1, 0.15) is 38.7 Å². The Morgan fingerprint density at radius 2 is 2.12 bits per heavy atom. The maximum atomic E-state index is 5.57. The van der Waals surface area contributed by atoms with Gasteiger partial charge in [0, 0.05) is 17.8 Å². The van der Waals surface area contributed by atoms with Crippen molar-refractivity contribution in [2.45, 2.75) is 50.9 Å². The summed E-state index contributed by atoms with van der Waals surface area (Å²) >= 11 is 1.97. The summed E-state index contributed by atoms with van der Waals surface area (Å²) in [7, 11) is 1.67. The first-order valence-corrected chi connectivity index (χ1v) is 10.4. The lowest BCUT2D eigenvalue weighted by molar-refractivity contribution is 0.310. The fraction of sp³-hybridized carbons (Fsp3) is 0.632. The van der Waals surface area contributed by atoms with E-state index < -0.39 is 0 Å². The molecule has 0 spiro atoms. The highest BCUT2D eigenvalue weighted by Crippen LogP contribution is 2.29. The number of hydrogen-bond acceptors (Lipinski definition) is 4. The fourth-order valence-corrected chi connectivity index (χ4v) is 3.85. The van der Waals surface area contributed by atoms with Gasteiger partial charge in [0.05, 0.1) is 20.3 Å². The van der Waals surface area contributed by atoms with E-state index in [9.17, 15) is 0 Å². The van der Waals surface area contributed by atoms with Crippen LogP contribution in [0.15, 0.2) is 23.2 Å². The quantitative estimate of drug-likeness (QED) is 0.546. The second-order valence-corrected chi connectivity index (χ2v) is 7.26. The first kappa shape index (κ1) is 19.8. The SMILES string of the molecule is CCNC(=NCc1ccc(OCC)c(OC)c1)NC1CCC(SC)C1. The van der Waals surface area contributed by atoms with Crippen LogP contribution in [0.3, 0.4) is 0 Å². The molecule has 1 aromatic rings. The largest absolute Gasteiger partial charge is 0.493 e. The Balaban J connectivity index is 2.00. The van der Waals surface area contributed by atoms with Crippen LogP contribution in [0.25, 0.3) is 0 Å². The molecule has 1 aliphatic rings. The van der Waals surface area contributed by atoms with E-state index in [0.717, 1.165) is 34.8 Å². The van der Waals surface area contributed by atoms with Crippen molar-refractivity contribution in [3.63, 3.8) is 0 Å². The molecule has 5 nitrogen and oxygen atoms in total. The van der Waals surface area contributed by atoms with Gasteiger partial charge in [0.1, 0.15) is 0 Å². The number of methoxy groups -OCH3 is 1. The molecular formula is C19H31N3O2S. The van der Waals surface area contributed by atoms with Crippen molar-refractivity contribution in [2.75, 3.05) is 26.5 Å². The Labute approximate surface area is 156 Å². The normalized spacial score (nSPS) is 20.4. The van der Waals surface area contributed by atoms with Crippen molar-refractivity contribution in [1.29, 1.82) is 0 Å². The van der Waals surface area contributed by atoms with E-state index in [-0.39, 0.29) is 0 Å². The van der Waals surface area contributed by atoms with Crippen LogP contribution in [-0.2, 0) is 6.54 Å². The molecule has 2 rings (SSSR count). The Hall–Kier alpha value is -1.56. The number of rotatable bonds is 8. The molecule has 2 unspecified atom stereocenters. The number of aliphatic imine (C=N–C) groups is 1. The Bertz CT molecular complexity index is 566. The van der Waals surface area contributed by atoms with Gasteiger partial charge in [0.25, 0.3) is 0 Å². The second-order valence-electron chi connectivity index (χ2n) is 6.13. The van der Waals surface area contributed by atoms with Crippen LogP contribution in [-0.4, -0.2) is 43.8 Å². The molecule has 25 heavy (non-hydrogen) atoms. The molecule has 1 saturated carbocycles. The molecule has 1 aromatic carbocycles. The van der Waals surface area contributed by atoms with E-state index in [2.05, 4.69) is 23.8 Å². The van der Waals surface area contributed by atoms with Crippen LogP contribution in [0.4, 0.5) is 0 Å². The molecule has 140 valence electrons. The highest BCUT2D eigenvalue weighted by atomic mass is 32.2. The number of nitrogens with one attached hydrogen (secondary N) is 2. The van der Waals surface area contributed by atoms with Gasteiger partial charge in [-0.1, -0.05) is 6.07 Å². The maximum Gasteiger partial charge on any atom is 0.191 e. The molecule has 6 heteroatoms. The third-order valence-electron chi connectivity index (χ3n) is 4.35. The standard InChI is InChI=1S/C19H31N3O2S/c1-5-20-19(22-15-8-9-16(12-15)25-4)21-13-14-7-10-17(24-6-2)18(11-14)23-3/h7,10-11,15-16H,5-6,8-9,12-13H2,1-4H3,(H2,20,21,22). The minimum Gasteiger partial charge on any atom is -0.493 e. The van der Waals surface area contributed by atoms with Gasteiger partial charge >= 0.3 is 0 Å². The highest BCUT2D eigenvalue weighted by Gasteiger charge is 2.24. The van der Waals surface area contributed by atoms with Gasteiger partial charge < -0.3 is 20.1 Å². The topological polar surface area (TPSA) is 54.9 Å². The van der Waals surface area contributed by atoms with Gasteiger partial charge in [-0.2, -0.15) is 11.8 Å². The van der Waals surface area contributed by atoms with Crippen molar-refractivity contribution < 1.29 is 9.47 Å². The van der Waals surface area contributed by atoms with E-state index in [4.69, 9.17) is 14.5 Å². The van der Waals surface area contributed by atoms with E-state index in [1.165, 1.54) is 19.3 Å². The van der Waals surface area contributed by atoms with Gasteiger partial charge in [-0.15, -0.1) is 0 Å². The van der Waals surface area contributed by atoms with Crippen molar-refractivity contribution in [1.82, 2.24) is 10.6 Å². The number of ether oxygens (including phenoxy) is 2. The van der Waals surface area contributed by atoms with Crippen molar-refractivity contribution in [3.05, 3.63) is 23.8 Å². The lowest BCUT2D eigenvalue weighted by Crippen LogP contribution is -2.42. The van der Waals surface area contributed by atoms with Gasteiger partial charge in [-0.3, -0.25) is 0 Å². The van der Waals surface area contributed by atoms with E-state index in [0.29, 0.717) is 19.2 Å². The molecule has 0 heterocycles. The molecule has 0 radical (unpaired) electrons. The third-order valence-corrected chi connectivity index (χ3v) is 5.45. The van der Waals surface area contributed by atoms with Crippen LogP contribution in [0.2, 0.25) is 0 Å². The number of hydrogen-bond donors (Lipinski definition) is 2.